The van der Waals surface area contributed by atoms with Gasteiger partial charge in [0.2, 0.25) is 0 Å². The van der Waals surface area contributed by atoms with E-state index in [0.29, 0.717) is 0 Å². The van der Waals surface area contributed by atoms with Gasteiger partial charge in [0.25, 0.3) is 0 Å². The molecule has 0 aliphatic carbocycles. The molecular weight excluding hydrogens is 142 g/mol. The van der Waals surface area contributed by atoms with Gasteiger partial charge in [0.15, 0.2) is 9.04 Å². The highest BCUT2D eigenvalue weighted by Gasteiger charge is 2.13. The molecule has 0 aromatic rings. The first-order valence-corrected chi connectivity index (χ1v) is 6.15. The lowest BCUT2D eigenvalue weighted by Crippen LogP contribution is -2.22. The van der Waals surface area contributed by atoms with Gasteiger partial charge in [-0.05, 0) is 18.5 Å². The topological polar surface area (TPSA) is 44.2 Å². The minimum Gasteiger partial charge on any atom is -0.420 e. The largest absolute Gasteiger partial charge is 0.420 e. The summed E-state index contributed by atoms with van der Waals surface area (Å²) in [5.74, 6) is 0. The molecule has 1 aliphatic rings. The average molecular weight is 161 g/mol. The molecule has 0 saturated carbocycles. The lowest BCUT2D eigenvalue weighted by Gasteiger charge is -2.19. The maximum absolute atomic E-state index is 5.66. The van der Waals surface area contributed by atoms with Crippen molar-refractivity contribution in [3.63, 3.8) is 0 Å². The summed E-state index contributed by atoms with van der Waals surface area (Å²) in [7, 11) is -0.626. The van der Waals surface area contributed by atoms with Gasteiger partial charge in [-0.1, -0.05) is 19.8 Å². The van der Waals surface area contributed by atoms with Crippen LogP contribution in [0.4, 0.5) is 0 Å². The van der Waals surface area contributed by atoms with E-state index in [1.165, 1.54) is 31.4 Å². The van der Waals surface area contributed by atoms with E-state index in [1.54, 1.807) is 0 Å². The number of hydrogen-bond donors (Lipinski definition) is 1. The van der Waals surface area contributed by atoms with E-state index in [0.717, 1.165) is 6.61 Å². The monoisotopic (exact) mass is 161 g/mol. The van der Waals surface area contributed by atoms with Crippen molar-refractivity contribution in [3.8, 4) is 0 Å². The number of rotatable bonds is 2. The van der Waals surface area contributed by atoms with E-state index >= 15 is 0 Å². The molecule has 0 bridgehead atoms. The predicted molar refractivity (Wildman–Crippen MR) is 47.3 cm³/mol. The van der Waals surface area contributed by atoms with Crippen LogP contribution in [0.5, 0.6) is 0 Å². The van der Waals surface area contributed by atoms with Gasteiger partial charge in [-0.25, -0.2) is 0 Å². The Morgan fingerprint density at radius 3 is 2.70 bits per heavy atom. The van der Waals surface area contributed by atoms with Crippen LogP contribution in [0.3, 0.4) is 0 Å². The van der Waals surface area contributed by atoms with Crippen LogP contribution in [0.1, 0.15) is 26.2 Å². The van der Waals surface area contributed by atoms with Crippen LogP contribution in [0.15, 0.2) is 0 Å². The Hall–Kier alpha value is 0.137. The summed E-state index contributed by atoms with van der Waals surface area (Å²) in [4.78, 5) is 0. The third kappa shape index (κ3) is 3.34. The van der Waals surface area contributed by atoms with Crippen LogP contribution < -0.4 is 6.15 Å². The molecule has 0 spiro atoms. The Bertz CT molecular complexity index is 71.3. The molecule has 1 aliphatic heterocycles. The summed E-state index contributed by atoms with van der Waals surface area (Å²) in [5.41, 5.74) is 0. The van der Waals surface area contributed by atoms with Crippen molar-refractivity contribution in [2.45, 2.75) is 38.3 Å². The fourth-order valence-electron chi connectivity index (χ4n) is 1.36. The van der Waals surface area contributed by atoms with Gasteiger partial charge in [-0.15, -0.1) is 0 Å². The van der Waals surface area contributed by atoms with Gasteiger partial charge in [-0.2, -0.15) is 0 Å². The van der Waals surface area contributed by atoms with Crippen molar-refractivity contribution in [3.05, 3.63) is 0 Å². The van der Waals surface area contributed by atoms with Gasteiger partial charge in [-0.3, -0.25) is 0 Å². The van der Waals surface area contributed by atoms with E-state index in [-0.39, 0.29) is 6.15 Å². The predicted octanol–water partition coefficient (Wildman–Crippen LogP) is 2.09. The molecule has 1 heterocycles. The van der Waals surface area contributed by atoms with E-state index in [4.69, 9.17) is 4.43 Å². The lowest BCUT2D eigenvalue weighted by molar-refractivity contribution is 0.286. The van der Waals surface area contributed by atoms with Gasteiger partial charge in [0.1, 0.15) is 0 Å². The molecule has 3 heteroatoms. The Kier molecular flexibility index (Phi) is 5.97. The van der Waals surface area contributed by atoms with E-state index in [9.17, 15) is 0 Å². The second kappa shape index (κ2) is 5.89. The fourth-order valence-corrected chi connectivity index (χ4v) is 3.87. The third-order valence-electron chi connectivity index (χ3n) is 1.88. The number of hydrogen-bond acceptors (Lipinski definition) is 2. The molecule has 1 rings (SSSR count). The van der Waals surface area contributed by atoms with Gasteiger partial charge in [0.05, 0.1) is 0 Å². The van der Waals surface area contributed by atoms with E-state index in [2.05, 4.69) is 6.92 Å². The summed E-state index contributed by atoms with van der Waals surface area (Å²) in [6.45, 7) is 3.32. The molecule has 1 fully saturated rings. The van der Waals surface area contributed by atoms with Crippen LogP contribution in [0, 0.1) is 0 Å². The maximum atomic E-state index is 5.66. The molecule has 2 nitrogen and oxygen atoms in total. The van der Waals surface area contributed by atoms with Crippen LogP contribution >= 0.6 is 0 Å². The van der Waals surface area contributed by atoms with Crippen molar-refractivity contribution in [1.29, 1.82) is 0 Å². The molecular formula is C7H19NOSi. The van der Waals surface area contributed by atoms with Gasteiger partial charge >= 0.3 is 0 Å². The zero-order chi connectivity index (χ0) is 6.53. The molecule has 10 heavy (non-hydrogen) atoms. The molecule has 1 unspecified atom stereocenters. The fraction of sp³-hybridized carbons (Fsp3) is 1.00. The Balaban J connectivity index is 0.000000810. The Labute approximate surface area is 65.3 Å². The highest BCUT2D eigenvalue weighted by molar-refractivity contribution is 6.51. The van der Waals surface area contributed by atoms with Crippen LogP contribution in [0.2, 0.25) is 12.1 Å². The highest BCUT2D eigenvalue weighted by atomic mass is 28.3. The summed E-state index contributed by atoms with van der Waals surface area (Å²) >= 11 is 0. The quantitative estimate of drug-likeness (QED) is 0.630. The molecule has 62 valence electrons. The smallest absolute Gasteiger partial charge is 0.176 e. The van der Waals surface area contributed by atoms with E-state index < -0.39 is 9.04 Å². The highest BCUT2D eigenvalue weighted by Crippen LogP contribution is 2.14. The summed E-state index contributed by atoms with van der Waals surface area (Å²) in [6, 6.07) is 2.84. The third-order valence-corrected chi connectivity index (χ3v) is 4.87. The van der Waals surface area contributed by atoms with E-state index in [1.807, 2.05) is 0 Å². The van der Waals surface area contributed by atoms with Crippen LogP contribution in [-0.2, 0) is 4.43 Å². The zero-order valence-corrected chi connectivity index (χ0v) is 8.09. The maximum Gasteiger partial charge on any atom is 0.176 e. The first kappa shape index (κ1) is 10.1. The van der Waals surface area contributed by atoms with Crippen molar-refractivity contribution in [1.82, 2.24) is 6.15 Å². The van der Waals surface area contributed by atoms with Crippen LogP contribution in [-0.4, -0.2) is 15.6 Å². The lowest BCUT2D eigenvalue weighted by atomic mass is 10.4. The molecule has 0 aromatic heterocycles. The molecule has 0 aromatic carbocycles. The van der Waals surface area contributed by atoms with Crippen molar-refractivity contribution >= 4 is 9.04 Å². The van der Waals surface area contributed by atoms with Crippen LogP contribution in [0.25, 0.3) is 0 Å². The second-order valence-electron chi connectivity index (χ2n) is 2.78. The Morgan fingerprint density at radius 2 is 2.20 bits per heavy atom. The van der Waals surface area contributed by atoms with Crippen molar-refractivity contribution < 1.29 is 4.43 Å². The molecule has 3 N–H and O–H groups in total. The van der Waals surface area contributed by atoms with Gasteiger partial charge < -0.3 is 10.6 Å². The average Bonchev–Trinajstić information content (AvgIpc) is 1.91. The normalized spacial score (nSPS) is 25.5. The standard InChI is InChI=1S/C7H16OSi.H3N/c1-2-6-9-7-4-3-5-8-9;/h9H,2-7H2,1H3;1H3. The van der Waals surface area contributed by atoms with Gasteiger partial charge in [0, 0.05) is 6.61 Å². The summed E-state index contributed by atoms with van der Waals surface area (Å²) in [5, 5.41) is 0. The molecule has 0 radical (unpaired) electrons. The first-order chi connectivity index (χ1) is 4.43. The molecule has 0 amide bonds. The first-order valence-electron chi connectivity index (χ1n) is 4.05. The minimum absolute atomic E-state index is 0. The SMILES string of the molecule is CCC[SiH]1CCCCO1.N. The Morgan fingerprint density at radius 1 is 1.40 bits per heavy atom. The van der Waals surface area contributed by atoms with Crippen molar-refractivity contribution in [2.75, 3.05) is 6.61 Å². The molecule has 1 saturated heterocycles. The summed E-state index contributed by atoms with van der Waals surface area (Å²) < 4.78 is 5.66. The molecule has 1 atom stereocenters. The second-order valence-corrected chi connectivity index (χ2v) is 5.51. The zero-order valence-electron chi connectivity index (χ0n) is 6.94. The summed E-state index contributed by atoms with van der Waals surface area (Å²) in [6.07, 6.45) is 4.08. The minimum atomic E-state index is -0.626. The van der Waals surface area contributed by atoms with Crippen molar-refractivity contribution in [2.24, 2.45) is 0 Å².